The van der Waals surface area contributed by atoms with E-state index < -0.39 is 28.0 Å². The van der Waals surface area contributed by atoms with Crippen LogP contribution < -0.4 is 10.0 Å². The average molecular weight is 577 g/mol. The van der Waals surface area contributed by atoms with Crippen molar-refractivity contribution >= 4 is 48.1 Å². The monoisotopic (exact) mass is 576 g/mol. The van der Waals surface area contributed by atoms with Crippen molar-refractivity contribution in [3.63, 3.8) is 0 Å². The van der Waals surface area contributed by atoms with Gasteiger partial charge in [-0.2, -0.15) is 4.72 Å². The van der Waals surface area contributed by atoms with E-state index in [-0.39, 0.29) is 11.3 Å². The molecule has 1 atom stereocenters. The molecule has 2 N–H and O–H groups in total. The van der Waals surface area contributed by atoms with E-state index in [1.54, 1.807) is 29.5 Å². The maximum absolute atomic E-state index is 14.1. The van der Waals surface area contributed by atoms with Crippen molar-refractivity contribution in [1.82, 2.24) is 10.0 Å². The first-order valence-electron chi connectivity index (χ1n) is 13.3. The van der Waals surface area contributed by atoms with Gasteiger partial charge in [-0.05, 0) is 51.4 Å². The number of nitrogens with one attached hydrogen (secondary N) is 2. The fourth-order valence-corrected chi connectivity index (χ4v) is 7.57. The largest absolute Gasteiger partial charge is 0.344 e. The van der Waals surface area contributed by atoms with Gasteiger partial charge in [0.25, 0.3) is 0 Å². The van der Waals surface area contributed by atoms with Crippen LogP contribution in [0.25, 0.3) is 20.9 Å². The van der Waals surface area contributed by atoms with E-state index in [1.165, 1.54) is 0 Å². The maximum atomic E-state index is 14.1. The second-order valence-electron chi connectivity index (χ2n) is 9.88. The van der Waals surface area contributed by atoms with Crippen LogP contribution in [0.2, 0.25) is 0 Å². The highest BCUT2D eigenvalue weighted by molar-refractivity contribution is 7.89. The highest BCUT2D eigenvalue weighted by Crippen LogP contribution is 2.29. The number of hydrogen-bond donors (Lipinski definition) is 2. The zero-order valence-corrected chi connectivity index (χ0v) is 23.7. The molecule has 1 unspecified atom stereocenters. The Morgan fingerprint density at radius 1 is 0.683 bits per heavy atom. The molecule has 7 heteroatoms. The number of carbonyl (C=O) groups is 1. The Balaban J connectivity index is 1.38. The first-order chi connectivity index (χ1) is 20.0. The summed E-state index contributed by atoms with van der Waals surface area (Å²) in [6, 6.07) is 38.4. The number of thiophene rings is 1. The molecule has 1 heterocycles. The van der Waals surface area contributed by atoms with Crippen LogP contribution in [-0.4, -0.2) is 20.4 Å². The van der Waals surface area contributed by atoms with E-state index in [0.29, 0.717) is 5.39 Å². The van der Waals surface area contributed by atoms with Gasteiger partial charge in [-0.25, -0.2) is 8.42 Å². The lowest BCUT2D eigenvalue weighted by Crippen LogP contribution is -2.49. The molecule has 0 spiro atoms. The Hall–Kier alpha value is -4.30. The quantitative estimate of drug-likeness (QED) is 0.198. The van der Waals surface area contributed by atoms with Gasteiger partial charge >= 0.3 is 0 Å². The summed E-state index contributed by atoms with van der Waals surface area (Å²) in [5, 5.41) is 7.60. The zero-order valence-electron chi connectivity index (χ0n) is 22.1. The first kappa shape index (κ1) is 26.9. The van der Waals surface area contributed by atoms with Crippen molar-refractivity contribution in [2.75, 3.05) is 0 Å². The SMILES string of the molecule is O=C(NC(c1ccccc1)c1ccccc1)C(Cc1csc2ccccc12)NS(=O)(=O)c1cccc2ccccc12. The second kappa shape index (κ2) is 11.7. The predicted molar refractivity (Wildman–Crippen MR) is 166 cm³/mol. The molecule has 1 amide bonds. The molecule has 5 nitrogen and oxygen atoms in total. The van der Waals surface area contributed by atoms with Crippen molar-refractivity contribution in [1.29, 1.82) is 0 Å². The second-order valence-corrected chi connectivity index (χ2v) is 12.5. The van der Waals surface area contributed by atoms with Gasteiger partial charge in [0, 0.05) is 10.1 Å². The molecule has 6 rings (SSSR count). The third-order valence-corrected chi connectivity index (χ3v) is 9.73. The Morgan fingerprint density at radius 3 is 1.98 bits per heavy atom. The molecule has 0 bridgehead atoms. The van der Waals surface area contributed by atoms with Crippen LogP contribution in [0.4, 0.5) is 0 Å². The van der Waals surface area contributed by atoms with Crippen LogP contribution in [0.3, 0.4) is 0 Å². The summed E-state index contributed by atoms with van der Waals surface area (Å²) in [5.41, 5.74) is 2.73. The number of rotatable bonds is 9. The minimum absolute atomic E-state index is 0.145. The Labute approximate surface area is 243 Å². The van der Waals surface area contributed by atoms with Crippen LogP contribution >= 0.6 is 11.3 Å². The van der Waals surface area contributed by atoms with E-state index in [2.05, 4.69) is 10.0 Å². The maximum Gasteiger partial charge on any atom is 0.241 e. The molecule has 6 aromatic rings. The molecular weight excluding hydrogens is 549 g/mol. The topological polar surface area (TPSA) is 75.3 Å². The minimum atomic E-state index is -4.06. The van der Waals surface area contributed by atoms with E-state index in [4.69, 9.17) is 0 Å². The standard InChI is InChI=1S/C34H28N2O3S2/c37-34(35-33(25-13-3-1-4-14-25)26-15-5-2-6-16-26)30(22-27-23-40-31-20-10-9-18-28(27)31)36-41(38,39)32-21-11-17-24-12-7-8-19-29(24)32/h1-21,23,30,33,36H,22H2,(H,35,37). The number of amides is 1. The third kappa shape index (κ3) is 5.79. The van der Waals surface area contributed by atoms with Gasteiger partial charge in [-0.15, -0.1) is 11.3 Å². The summed E-state index contributed by atoms with van der Waals surface area (Å²) < 4.78 is 31.6. The molecule has 0 aliphatic carbocycles. The van der Waals surface area contributed by atoms with Crippen molar-refractivity contribution < 1.29 is 13.2 Å². The summed E-state index contributed by atoms with van der Waals surface area (Å²) >= 11 is 1.58. The van der Waals surface area contributed by atoms with Crippen LogP contribution in [0, 0.1) is 0 Å². The van der Waals surface area contributed by atoms with Crippen LogP contribution in [-0.2, 0) is 21.2 Å². The fraction of sp³-hybridized carbons (Fsp3) is 0.0882. The zero-order chi connectivity index (χ0) is 28.2. The van der Waals surface area contributed by atoms with Gasteiger partial charge in [0.05, 0.1) is 10.9 Å². The molecule has 41 heavy (non-hydrogen) atoms. The van der Waals surface area contributed by atoms with E-state index in [1.807, 2.05) is 115 Å². The first-order valence-corrected chi connectivity index (χ1v) is 15.7. The fourth-order valence-electron chi connectivity index (χ4n) is 5.17. The summed E-state index contributed by atoms with van der Waals surface area (Å²) in [6.07, 6.45) is 0.205. The van der Waals surface area contributed by atoms with Crippen LogP contribution in [0.5, 0.6) is 0 Å². The average Bonchev–Trinajstić information content (AvgIpc) is 3.42. The summed E-state index contributed by atoms with van der Waals surface area (Å²) in [4.78, 5) is 14.2. The van der Waals surface area contributed by atoms with Gasteiger partial charge < -0.3 is 5.32 Å². The van der Waals surface area contributed by atoms with Gasteiger partial charge in [0.2, 0.25) is 15.9 Å². The normalized spacial score (nSPS) is 12.5. The number of carbonyl (C=O) groups excluding carboxylic acids is 1. The van der Waals surface area contributed by atoms with Crippen molar-refractivity contribution in [3.8, 4) is 0 Å². The van der Waals surface area contributed by atoms with Crippen molar-refractivity contribution in [2.45, 2.75) is 23.4 Å². The number of fused-ring (bicyclic) bond motifs is 2. The van der Waals surface area contributed by atoms with E-state index >= 15 is 0 Å². The lowest BCUT2D eigenvalue weighted by Gasteiger charge is -2.24. The highest BCUT2D eigenvalue weighted by atomic mass is 32.2. The van der Waals surface area contributed by atoms with E-state index in [0.717, 1.165) is 32.2 Å². The molecule has 0 fully saturated rings. The number of hydrogen-bond acceptors (Lipinski definition) is 4. The lowest BCUT2D eigenvalue weighted by atomic mass is 9.97. The minimum Gasteiger partial charge on any atom is -0.344 e. The van der Waals surface area contributed by atoms with Crippen LogP contribution in [0.1, 0.15) is 22.7 Å². The molecule has 0 aliphatic rings. The molecule has 1 aromatic heterocycles. The number of benzene rings is 5. The molecular formula is C34H28N2O3S2. The van der Waals surface area contributed by atoms with Crippen molar-refractivity contribution in [3.05, 3.63) is 149 Å². The molecule has 0 radical (unpaired) electrons. The number of sulfonamides is 1. The lowest BCUT2D eigenvalue weighted by molar-refractivity contribution is -0.123. The molecule has 0 aliphatic heterocycles. The molecule has 0 saturated carbocycles. The third-order valence-electron chi connectivity index (χ3n) is 7.19. The summed E-state index contributed by atoms with van der Waals surface area (Å²) in [5.74, 6) is -0.401. The molecule has 5 aromatic carbocycles. The Morgan fingerprint density at radius 2 is 1.27 bits per heavy atom. The van der Waals surface area contributed by atoms with Crippen molar-refractivity contribution in [2.24, 2.45) is 0 Å². The van der Waals surface area contributed by atoms with Crippen LogP contribution in [0.15, 0.2) is 138 Å². The Bertz CT molecular complexity index is 1880. The molecule has 0 saturated heterocycles. The van der Waals surface area contributed by atoms with E-state index in [9.17, 15) is 13.2 Å². The Kier molecular flexibility index (Phi) is 7.65. The molecule has 204 valence electrons. The highest BCUT2D eigenvalue weighted by Gasteiger charge is 2.30. The predicted octanol–water partition coefficient (Wildman–Crippen LogP) is 6.85. The smallest absolute Gasteiger partial charge is 0.241 e. The van der Waals surface area contributed by atoms with Gasteiger partial charge in [-0.3, -0.25) is 4.79 Å². The van der Waals surface area contributed by atoms with Gasteiger partial charge in [0.1, 0.15) is 6.04 Å². The van der Waals surface area contributed by atoms with Gasteiger partial charge in [-0.1, -0.05) is 115 Å². The summed E-state index contributed by atoms with van der Waals surface area (Å²) in [7, 11) is -4.06. The van der Waals surface area contributed by atoms with Gasteiger partial charge in [0.15, 0.2) is 0 Å². The summed E-state index contributed by atoms with van der Waals surface area (Å²) in [6.45, 7) is 0.